The largest absolute Gasteiger partial charge is 0.463 e. The highest BCUT2D eigenvalue weighted by atomic mass is 127. The van der Waals surface area contributed by atoms with E-state index < -0.39 is 29.6 Å². The number of Topliss-reactive ketones (excluding diaryl/α,β-unsaturated/α-hetero) is 1. The van der Waals surface area contributed by atoms with E-state index in [-0.39, 0.29) is 27.8 Å². The zero-order valence-electron chi connectivity index (χ0n) is 18.3. The third-order valence-electron chi connectivity index (χ3n) is 4.72. The van der Waals surface area contributed by atoms with E-state index in [4.69, 9.17) is 15.0 Å². The zero-order valence-corrected chi connectivity index (χ0v) is 20.5. The van der Waals surface area contributed by atoms with Gasteiger partial charge in [-0.05, 0) is 38.1 Å². The Bertz CT molecular complexity index is 687. The maximum atomic E-state index is 12.1. The summed E-state index contributed by atoms with van der Waals surface area (Å²) >= 11 is 2.35. The predicted molar refractivity (Wildman–Crippen MR) is 118 cm³/mol. The summed E-state index contributed by atoms with van der Waals surface area (Å²) < 4.78 is 16.2. The number of hydrogen-bond donors (Lipinski definition) is 1. The number of hydrogen-bond acceptors (Lipinski definition) is 7. The molecule has 0 radical (unpaired) electrons. The molecule has 1 N–H and O–H groups in total. The Morgan fingerprint density at radius 2 is 2.03 bits per heavy atom. The minimum atomic E-state index is -1.02. The van der Waals surface area contributed by atoms with Crippen LogP contribution in [0, 0.1) is 5.92 Å². The number of amides is 1. The second-order valence-electron chi connectivity index (χ2n) is 8.48. The number of carbonyl (C=O) groups is 3. The van der Waals surface area contributed by atoms with Crippen LogP contribution in [0.1, 0.15) is 53.9 Å². The average molecular weight is 538 g/mol. The van der Waals surface area contributed by atoms with Crippen LogP contribution >= 0.6 is 22.6 Å². The SMILES string of the molecule is COC(=O)C(=O)C[C@@H](N=[N+]=[N-])[C@H](C[C@H](CC(C)(C)I)[C@H]1COC(C)(C)O1)NC(C)=O. The Kier molecular flexibility index (Phi) is 9.99. The summed E-state index contributed by atoms with van der Waals surface area (Å²) in [5.41, 5.74) is 9.00. The second-order valence-corrected chi connectivity index (χ2v) is 11.4. The van der Waals surface area contributed by atoms with Crippen LogP contribution < -0.4 is 5.32 Å². The molecule has 1 heterocycles. The lowest BCUT2D eigenvalue weighted by Gasteiger charge is -2.33. The van der Waals surface area contributed by atoms with Crippen molar-refractivity contribution in [3.63, 3.8) is 0 Å². The number of esters is 1. The first kappa shape index (κ1) is 26.6. The summed E-state index contributed by atoms with van der Waals surface area (Å²) in [6.45, 7) is 9.58. The topological polar surface area (TPSA) is 140 Å². The van der Waals surface area contributed by atoms with Gasteiger partial charge in [0.15, 0.2) is 5.79 Å². The molecule has 10 nitrogen and oxygen atoms in total. The van der Waals surface area contributed by atoms with Crippen molar-refractivity contribution in [2.24, 2.45) is 11.0 Å². The lowest BCUT2D eigenvalue weighted by atomic mass is 9.84. The van der Waals surface area contributed by atoms with Gasteiger partial charge in [-0.15, -0.1) is 0 Å². The van der Waals surface area contributed by atoms with Gasteiger partial charge in [0, 0.05) is 27.7 Å². The molecule has 0 aliphatic carbocycles. The van der Waals surface area contributed by atoms with E-state index in [0.29, 0.717) is 13.0 Å². The molecule has 0 aromatic carbocycles. The smallest absolute Gasteiger partial charge is 0.374 e. The Morgan fingerprint density at radius 3 is 2.47 bits per heavy atom. The lowest BCUT2D eigenvalue weighted by Crippen LogP contribution is -2.46. The van der Waals surface area contributed by atoms with Crippen molar-refractivity contribution < 1.29 is 28.6 Å². The number of azide groups is 1. The van der Waals surface area contributed by atoms with Crippen LogP contribution in [0.4, 0.5) is 0 Å². The van der Waals surface area contributed by atoms with Crippen LogP contribution in [0.25, 0.3) is 10.4 Å². The van der Waals surface area contributed by atoms with Gasteiger partial charge >= 0.3 is 5.97 Å². The van der Waals surface area contributed by atoms with Gasteiger partial charge in [-0.1, -0.05) is 41.6 Å². The first-order chi connectivity index (χ1) is 13.8. The van der Waals surface area contributed by atoms with Crippen molar-refractivity contribution in [1.82, 2.24) is 5.32 Å². The average Bonchev–Trinajstić information content (AvgIpc) is 2.97. The molecule has 1 rings (SSSR count). The number of methoxy groups -OCH3 is 1. The number of ether oxygens (including phenoxy) is 3. The van der Waals surface area contributed by atoms with Gasteiger partial charge in [-0.2, -0.15) is 0 Å². The van der Waals surface area contributed by atoms with Gasteiger partial charge in [0.05, 0.1) is 25.9 Å². The fraction of sp³-hybridized carbons (Fsp3) is 0.842. The molecule has 0 unspecified atom stereocenters. The van der Waals surface area contributed by atoms with Gasteiger partial charge in [0.25, 0.3) is 0 Å². The molecule has 1 aliphatic rings. The third kappa shape index (κ3) is 9.15. The molecular weight excluding hydrogens is 507 g/mol. The fourth-order valence-electron chi connectivity index (χ4n) is 3.55. The maximum absolute atomic E-state index is 12.1. The summed E-state index contributed by atoms with van der Waals surface area (Å²) in [5.74, 6) is -2.95. The normalized spacial score (nSPS) is 21.1. The van der Waals surface area contributed by atoms with Gasteiger partial charge < -0.3 is 19.5 Å². The van der Waals surface area contributed by atoms with Crippen molar-refractivity contribution in [3.05, 3.63) is 10.4 Å². The molecule has 0 spiro atoms. The Hall–Kier alpha value is -1.43. The quantitative estimate of drug-likeness (QED) is 0.0816. The van der Waals surface area contributed by atoms with E-state index in [1.165, 1.54) is 6.92 Å². The van der Waals surface area contributed by atoms with Crippen LogP contribution in [-0.4, -0.2) is 58.8 Å². The van der Waals surface area contributed by atoms with E-state index in [2.05, 4.69) is 56.5 Å². The highest BCUT2D eigenvalue weighted by Crippen LogP contribution is 2.37. The maximum Gasteiger partial charge on any atom is 0.374 e. The van der Waals surface area contributed by atoms with Gasteiger partial charge in [0.2, 0.25) is 11.7 Å². The van der Waals surface area contributed by atoms with E-state index >= 15 is 0 Å². The highest BCUT2D eigenvalue weighted by molar-refractivity contribution is 14.1. The molecule has 170 valence electrons. The van der Waals surface area contributed by atoms with Crippen molar-refractivity contribution >= 4 is 40.3 Å². The molecule has 30 heavy (non-hydrogen) atoms. The van der Waals surface area contributed by atoms with E-state index in [0.717, 1.165) is 13.5 Å². The summed E-state index contributed by atoms with van der Waals surface area (Å²) in [5, 5.41) is 6.48. The predicted octanol–water partition coefficient (Wildman–Crippen LogP) is 3.06. The number of rotatable bonds is 11. The van der Waals surface area contributed by atoms with Crippen molar-refractivity contribution in [3.8, 4) is 0 Å². The minimum absolute atomic E-state index is 0.0554. The minimum Gasteiger partial charge on any atom is -0.463 e. The third-order valence-corrected chi connectivity index (χ3v) is 5.16. The zero-order chi connectivity index (χ0) is 23.1. The van der Waals surface area contributed by atoms with Crippen LogP contribution in [0.3, 0.4) is 0 Å². The summed E-state index contributed by atoms with van der Waals surface area (Å²) in [7, 11) is 1.10. The Labute approximate surface area is 190 Å². The number of halogens is 1. The lowest BCUT2D eigenvalue weighted by molar-refractivity contribution is -0.152. The molecule has 4 atom stereocenters. The molecular formula is C19H31IN4O6. The van der Waals surface area contributed by atoms with E-state index in [1.54, 1.807) is 0 Å². The van der Waals surface area contributed by atoms with Crippen LogP contribution in [0.5, 0.6) is 0 Å². The van der Waals surface area contributed by atoms with Crippen molar-refractivity contribution in [2.75, 3.05) is 13.7 Å². The Balaban J connectivity index is 3.16. The summed E-state index contributed by atoms with van der Waals surface area (Å²) in [6, 6.07) is -1.61. The van der Waals surface area contributed by atoms with Crippen LogP contribution in [0.2, 0.25) is 0 Å². The number of ketones is 1. The summed E-state index contributed by atoms with van der Waals surface area (Å²) in [4.78, 5) is 38.3. The van der Waals surface area contributed by atoms with Gasteiger partial charge in [-0.25, -0.2) is 4.79 Å². The van der Waals surface area contributed by atoms with E-state index in [9.17, 15) is 14.4 Å². The number of nitrogens with zero attached hydrogens (tertiary/aromatic N) is 3. The van der Waals surface area contributed by atoms with Crippen molar-refractivity contribution in [2.45, 2.75) is 81.3 Å². The van der Waals surface area contributed by atoms with E-state index in [1.807, 2.05) is 13.8 Å². The highest BCUT2D eigenvalue weighted by Gasteiger charge is 2.41. The summed E-state index contributed by atoms with van der Waals surface area (Å²) in [6.07, 6.45) is 0.527. The number of nitrogens with one attached hydrogen (secondary N) is 1. The molecule has 0 aromatic heterocycles. The number of carbonyl (C=O) groups excluding carboxylic acids is 3. The molecule has 0 saturated carbocycles. The van der Waals surface area contributed by atoms with Crippen LogP contribution in [0.15, 0.2) is 5.11 Å². The van der Waals surface area contributed by atoms with Crippen LogP contribution in [-0.2, 0) is 28.6 Å². The first-order valence-electron chi connectivity index (χ1n) is 9.71. The standard InChI is InChI=1S/C19H31IN4O6/c1-11(25)22-13(14(23-24-21)8-15(26)17(27)28-6)7-12(9-18(2,3)20)16-10-29-19(4,5)30-16/h12-14,16H,7-10H2,1-6H3,(H,22,25)/t12-,13+,14-,16-/m1/s1. The molecule has 1 saturated heterocycles. The molecule has 11 heteroatoms. The molecule has 1 amide bonds. The molecule has 0 aromatic rings. The van der Waals surface area contributed by atoms with Gasteiger partial charge in [-0.3, -0.25) is 9.59 Å². The Morgan fingerprint density at radius 1 is 1.40 bits per heavy atom. The monoisotopic (exact) mass is 538 g/mol. The molecule has 0 bridgehead atoms. The molecule has 1 fully saturated rings. The van der Waals surface area contributed by atoms with Gasteiger partial charge in [0.1, 0.15) is 0 Å². The number of alkyl halides is 1. The molecule has 1 aliphatic heterocycles. The second kappa shape index (κ2) is 11.3. The first-order valence-corrected chi connectivity index (χ1v) is 10.8. The van der Waals surface area contributed by atoms with Crippen molar-refractivity contribution in [1.29, 1.82) is 0 Å². The fourth-order valence-corrected chi connectivity index (χ4v) is 4.12.